The minimum absolute atomic E-state index is 0.137. The van der Waals surface area contributed by atoms with Gasteiger partial charge in [-0.3, -0.25) is 4.98 Å². The van der Waals surface area contributed by atoms with E-state index in [2.05, 4.69) is 15.0 Å². The first-order valence-electron chi connectivity index (χ1n) is 6.44. The molecule has 0 aliphatic heterocycles. The second-order valence-corrected chi connectivity index (χ2v) is 6.46. The maximum Gasteiger partial charge on any atom is 0.259 e. The fraction of sp³-hybridized carbons (Fsp3) is 0.385. The van der Waals surface area contributed by atoms with Gasteiger partial charge >= 0.3 is 0 Å². The normalized spacial score (nSPS) is 11.9. The van der Waals surface area contributed by atoms with Crippen LogP contribution in [-0.2, 0) is 22.9 Å². The summed E-state index contributed by atoms with van der Waals surface area (Å²) in [6, 6.07) is 5.60. The number of aromatic amines is 1. The van der Waals surface area contributed by atoms with Gasteiger partial charge in [0.1, 0.15) is 5.82 Å². The predicted molar refractivity (Wildman–Crippen MR) is 75.7 cm³/mol. The average Bonchev–Trinajstić information content (AvgIpc) is 2.95. The quantitative estimate of drug-likeness (QED) is 0.869. The van der Waals surface area contributed by atoms with E-state index in [9.17, 15) is 8.42 Å². The van der Waals surface area contributed by atoms with Gasteiger partial charge in [-0.05, 0) is 12.1 Å². The number of hydrogen-bond acceptors (Lipinski definition) is 4. The Kier molecular flexibility index (Phi) is 4.51. The number of aromatic nitrogens is 3. The molecule has 0 aliphatic carbocycles. The van der Waals surface area contributed by atoms with Gasteiger partial charge in [0, 0.05) is 38.3 Å². The first kappa shape index (κ1) is 14.7. The second kappa shape index (κ2) is 6.15. The Bertz CT molecular complexity index is 652. The van der Waals surface area contributed by atoms with Crippen LogP contribution in [0.4, 0.5) is 0 Å². The molecule has 0 saturated carbocycles. The lowest BCUT2D eigenvalue weighted by molar-refractivity contribution is 0.468. The highest BCUT2D eigenvalue weighted by Gasteiger charge is 2.22. The number of imidazole rings is 1. The molecular formula is C13H18N4O2S. The molecule has 0 radical (unpaired) electrons. The van der Waals surface area contributed by atoms with Crippen LogP contribution in [0, 0.1) is 0 Å². The molecule has 0 spiro atoms. The van der Waals surface area contributed by atoms with E-state index in [-0.39, 0.29) is 5.03 Å². The van der Waals surface area contributed by atoms with E-state index in [1.807, 2.05) is 25.1 Å². The molecule has 0 aliphatic rings. The summed E-state index contributed by atoms with van der Waals surface area (Å²) in [6.45, 7) is 2.29. The third-order valence-corrected chi connectivity index (χ3v) is 4.80. The molecule has 0 saturated heterocycles. The van der Waals surface area contributed by atoms with Gasteiger partial charge in [0.05, 0.1) is 6.20 Å². The first-order valence-corrected chi connectivity index (χ1v) is 7.88. The molecule has 7 heteroatoms. The number of aryl methyl sites for hydroxylation is 1. The summed E-state index contributed by atoms with van der Waals surface area (Å²) in [5.74, 6) is 0.668. The number of rotatable bonds is 6. The molecule has 2 heterocycles. The fourth-order valence-corrected chi connectivity index (χ4v) is 2.86. The molecule has 0 atom stereocenters. The maximum absolute atomic E-state index is 12.3. The van der Waals surface area contributed by atoms with Crippen molar-refractivity contribution in [2.45, 2.75) is 24.8 Å². The Hall–Kier alpha value is -1.73. The highest BCUT2D eigenvalue weighted by atomic mass is 32.2. The van der Waals surface area contributed by atoms with Gasteiger partial charge in [-0.2, -0.15) is 4.31 Å². The molecule has 0 bridgehead atoms. The van der Waals surface area contributed by atoms with Crippen LogP contribution in [0.5, 0.6) is 0 Å². The summed E-state index contributed by atoms with van der Waals surface area (Å²) < 4.78 is 25.9. The van der Waals surface area contributed by atoms with Gasteiger partial charge in [0.2, 0.25) is 0 Å². The SMILES string of the molecule is CCc1ncc(S(=O)(=O)N(C)CCc2ccccn2)[nH]1. The first-order chi connectivity index (χ1) is 9.54. The molecule has 2 aromatic heterocycles. The van der Waals surface area contributed by atoms with Crippen molar-refractivity contribution in [3.8, 4) is 0 Å². The van der Waals surface area contributed by atoms with E-state index < -0.39 is 10.0 Å². The van der Waals surface area contributed by atoms with Crippen molar-refractivity contribution in [1.29, 1.82) is 0 Å². The molecular weight excluding hydrogens is 276 g/mol. The number of likely N-dealkylation sites (N-methyl/N-ethyl adjacent to an activating group) is 1. The van der Waals surface area contributed by atoms with Crippen LogP contribution in [0.15, 0.2) is 35.6 Å². The van der Waals surface area contributed by atoms with E-state index in [1.165, 1.54) is 10.5 Å². The fourth-order valence-electron chi connectivity index (χ4n) is 1.76. The summed E-state index contributed by atoms with van der Waals surface area (Å²) >= 11 is 0. The summed E-state index contributed by atoms with van der Waals surface area (Å²) in [5, 5.41) is 0.137. The minimum Gasteiger partial charge on any atom is -0.332 e. The number of nitrogens with zero attached hydrogens (tertiary/aromatic N) is 3. The summed E-state index contributed by atoms with van der Waals surface area (Å²) in [4.78, 5) is 11.0. The molecule has 1 N–H and O–H groups in total. The lowest BCUT2D eigenvalue weighted by atomic mass is 10.3. The lowest BCUT2D eigenvalue weighted by Crippen LogP contribution is -2.29. The number of sulfonamides is 1. The number of pyridine rings is 1. The summed E-state index contributed by atoms with van der Waals surface area (Å²) in [5.41, 5.74) is 0.869. The summed E-state index contributed by atoms with van der Waals surface area (Å²) in [6.07, 6.45) is 4.32. The van der Waals surface area contributed by atoms with Gasteiger partial charge in [-0.15, -0.1) is 0 Å². The molecule has 108 valence electrons. The highest BCUT2D eigenvalue weighted by Crippen LogP contribution is 2.12. The topological polar surface area (TPSA) is 79.0 Å². The standard InChI is InChI=1S/C13H18N4O2S/c1-3-12-15-10-13(16-12)20(18,19)17(2)9-7-11-6-4-5-8-14-11/h4-6,8,10H,3,7,9H2,1-2H3,(H,15,16). The smallest absolute Gasteiger partial charge is 0.259 e. The minimum atomic E-state index is -3.51. The van der Waals surface area contributed by atoms with Gasteiger partial charge in [0.25, 0.3) is 10.0 Å². The van der Waals surface area contributed by atoms with E-state index in [4.69, 9.17) is 0 Å². The van der Waals surface area contributed by atoms with Crippen LogP contribution in [0.1, 0.15) is 18.4 Å². The molecule has 20 heavy (non-hydrogen) atoms. The van der Waals surface area contributed by atoms with Crippen molar-refractivity contribution in [3.05, 3.63) is 42.1 Å². The number of hydrogen-bond donors (Lipinski definition) is 1. The molecule has 6 nitrogen and oxygen atoms in total. The Morgan fingerprint density at radius 3 is 2.70 bits per heavy atom. The predicted octanol–water partition coefficient (Wildman–Crippen LogP) is 1.23. The van der Waals surface area contributed by atoms with Crippen molar-refractivity contribution in [2.24, 2.45) is 0 Å². The third-order valence-electron chi connectivity index (χ3n) is 3.04. The third kappa shape index (κ3) is 3.23. The second-order valence-electron chi connectivity index (χ2n) is 4.45. The number of H-pyrrole nitrogens is 1. The van der Waals surface area contributed by atoms with Gasteiger partial charge in [0.15, 0.2) is 5.03 Å². The van der Waals surface area contributed by atoms with Gasteiger partial charge in [-0.25, -0.2) is 13.4 Å². The number of nitrogens with one attached hydrogen (secondary N) is 1. The van der Waals surface area contributed by atoms with Crippen LogP contribution < -0.4 is 0 Å². The van der Waals surface area contributed by atoms with Crippen molar-refractivity contribution < 1.29 is 8.42 Å². The Morgan fingerprint density at radius 1 is 1.30 bits per heavy atom. The zero-order valence-corrected chi connectivity index (χ0v) is 12.4. The van der Waals surface area contributed by atoms with Gasteiger partial charge in [-0.1, -0.05) is 13.0 Å². The Morgan fingerprint density at radius 2 is 2.10 bits per heavy atom. The lowest BCUT2D eigenvalue weighted by Gasteiger charge is -2.15. The monoisotopic (exact) mass is 294 g/mol. The van der Waals surface area contributed by atoms with Crippen LogP contribution in [-0.4, -0.2) is 41.3 Å². The highest BCUT2D eigenvalue weighted by molar-refractivity contribution is 7.89. The van der Waals surface area contributed by atoms with Crippen LogP contribution in [0.25, 0.3) is 0 Å². The molecule has 0 aromatic carbocycles. The molecule has 2 aromatic rings. The van der Waals surface area contributed by atoms with Crippen LogP contribution >= 0.6 is 0 Å². The zero-order valence-electron chi connectivity index (χ0n) is 11.6. The largest absolute Gasteiger partial charge is 0.332 e. The van der Waals surface area contributed by atoms with Crippen LogP contribution in [0.3, 0.4) is 0 Å². The van der Waals surface area contributed by atoms with E-state index in [1.54, 1.807) is 13.2 Å². The van der Waals surface area contributed by atoms with Crippen molar-refractivity contribution >= 4 is 10.0 Å². The molecule has 0 unspecified atom stereocenters. The zero-order chi connectivity index (χ0) is 14.6. The van der Waals surface area contributed by atoms with Crippen LogP contribution in [0.2, 0.25) is 0 Å². The average molecular weight is 294 g/mol. The van der Waals surface area contributed by atoms with E-state index >= 15 is 0 Å². The molecule has 0 amide bonds. The van der Waals surface area contributed by atoms with Crippen molar-refractivity contribution in [2.75, 3.05) is 13.6 Å². The van der Waals surface area contributed by atoms with E-state index in [0.717, 1.165) is 5.69 Å². The van der Waals surface area contributed by atoms with E-state index in [0.29, 0.717) is 25.2 Å². The summed E-state index contributed by atoms with van der Waals surface area (Å²) in [7, 11) is -1.95. The molecule has 0 fully saturated rings. The van der Waals surface area contributed by atoms with Crippen molar-refractivity contribution in [3.63, 3.8) is 0 Å². The maximum atomic E-state index is 12.3. The van der Waals surface area contributed by atoms with Crippen molar-refractivity contribution in [1.82, 2.24) is 19.3 Å². The Balaban J connectivity index is 2.05. The van der Waals surface area contributed by atoms with Gasteiger partial charge < -0.3 is 4.98 Å². The molecule has 2 rings (SSSR count). The Labute approximate surface area is 118 Å².